The highest BCUT2D eigenvalue weighted by molar-refractivity contribution is 8.00. The number of amides is 1. The van der Waals surface area contributed by atoms with Crippen molar-refractivity contribution in [1.82, 2.24) is 9.88 Å². The average molecular weight is 377 g/mol. The lowest BCUT2D eigenvalue weighted by atomic mass is 10.1. The summed E-state index contributed by atoms with van der Waals surface area (Å²) in [6.45, 7) is 0.985. The molecule has 0 bridgehead atoms. The number of hydrogen-bond donors (Lipinski definition) is 0. The van der Waals surface area contributed by atoms with Crippen molar-refractivity contribution in [3.63, 3.8) is 0 Å². The van der Waals surface area contributed by atoms with Crippen molar-refractivity contribution in [1.29, 1.82) is 0 Å². The molecular weight excluding hydrogens is 356 g/mol. The van der Waals surface area contributed by atoms with Crippen molar-refractivity contribution >= 4 is 27.5 Å². The topological polar surface area (TPSA) is 67.3 Å². The van der Waals surface area contributed by atoms with Gasteiger partial charge < -0.3 is 4.90 Å². The van der Waals surface area contributed by atoms with E-state index in [2.05, 4.69) is 4.98 Å². The summed E-state index contributed by atoms with van der Waals surface area (Å²) in [5.74, 6) is 0.414. The molecule has 0 radical (unpaired) electrons. The van der Waals surface area contributed by atoms with Crippen molar-refractivity contribution in [3.05, 3.63) is 54.9 Å². The first-order valence-electron chi connectivity index (χ1n) is 8.17. The summed E-state index contributed by atoms with van der Waals surface area (Å²) < 4.78 is 25.3. The minimum atomic E-state index is -3.32. The zero-order valence-corrected chi connectivity index (χ0v) is 15.4. The molecule has 0 unspecified atom stereocenters. The Labute approximate surface area is 152 Å². The molecule has 3 rings (SSSR count). The van der Waals surface area contributed by atoms with Crippen molar-refractivity contribution in [3.8, 4) is 0 Å². The van der Waals surface area contributed by atoms with Gasteiger partial charge in [0, 0.05) is 30.4 Å². The number of hydrogen-bond acceptors (Lipinski definition) is 5. The molecule has 1 amide bonds. The SMILES string of the molecule is O=C(CSc1ccncc1)N1CCC(S(=O)(=O)c2ccccc2)CC1. The molecule has 1 aliphatic heterocycles. The number of rotatable bonds is 5. The van der Waals surface area contributed by atoms with Gasteiger partial charge in [0.05, 0.1) is 15.9 Å². The van der Waals surface area contributed by atoms with Crippen molar-refractivity contribution in [2.45, 2.75) is 27.9 Å². The lowest BCUT2D eigenvalue weighted by Crippen LogP contribution is -2.43. The van der Waals surface area contributed by atoms with Gasteiger partial charge in [-0.1, -0.05) is 18.2 Å². The normalized spacial score (nSPS) is 15.9. The molecule has 7 heteroatoms. The fourth-order valence-corrected chi connectivity index (χ4v) is 5.43. The van der Waals surface area contributed by atoms with Crippen LogP contribution >= 0.6 is 11.8 Å². The van der Waals surface area contributed by atoms with E-state index in [0.717, 1.165) is 4.90 Å². The maximum absolute atomic E-state index is 12.7. The molecule has 1 fully saturated rings. The van der Waals surface area contributed by atoms with Crippen LogP contribution in [0.15, 0.2) is 64.6 Å². The first-order chi connectivity index (χ1) is 12.1. The molecule has 0 aliphatic carbocycles. The highest BCUT2D eigenvalue weighted by Crippen LogP contribution is 2.25. The molecule has 1 aromatic carbocycles. The number of aromatic nitrogens is 1. The number of piperidine rings is 1. The Morgan fingerprint density at radius 1 is 1.08 bits per heavy atom. The first kappa shape index (κ1) is 17.9. The monoisotopic (exact) mass is 376 g/mol. The van der Waals surface area contributed by atoms with Crippen molar-refractivity contribution in [2.24, 2.45) is 0 Å². The number of carbonyl (C=O) groups is 1. The Morgan fingerprint density at radius 2 is 1.72 bits per heavy atom. The average Bonchev–Trinajstić information content (AvgIpc) is 2.68. The Bertz CT molecular complexity index is 803. The van der Waals surface area contributed by atoms with Gasteiger partial charge in [-0.2, -0.15) is 0 Å². The third kappa shape index (κ3) is 4.41. The van der Waals surface area contributed by atoms with Gasteiger partial charge in [-0.25, -0.2) is 8.42 Å². The van der Waals surface area contributed by atoms with E-state index in [-0.39, 0.29) is 5.91 Å². The second kappa shape index (κ2) is 8.01. The van der Waals surface area contributed by atoms with Gasteiger partial charge in [-0.05, 0) is 37.1 Å². The third-order valence-electron chi connectivity index (χ3n) is 4.32. The second-order valence-corrected chi connectivity index (χ2v) is 9.19. The third-order valence-corrected chi connectivity index (χ3v) is 7.59. The van der Waals surface area contributed by atoms with Crippen LogP contribution in [0.4, 0.5) is 0 Å². The van der Waals surface area contributed by atoms with Crippen LogP contribution in [0.25, 0.3) is 0 Å². The molecule has 132 valence electrons. The standard InChI is InChI=1S/C18H20N2O3S2/c21-18(14-24-15-6-10-19-11-7-15)20-12-8-17(9-13-20)25(22,23)16-4-2-1-3-5-16/h1-7,10-11,17H,8-9,12-14H2. The van der Waals surface area contributed by atoms with E-state index in [4.69, 9.17) is 0 Å². The van der Waals surface area contributed by atoms with E-state index in [1.54, 1.807) is 47.6 Å². The molecule has 0 atom stereocenters. The summed E-state index contributed by atoms with van der Waals surface area (Å²) in [5.41, 5.74) is 0. The summed E-state index contributed by atoms with van der Waals surface area (Å²) in [6.07, 6.45) is 4.38. The summed E-state index contributed by atoms with van der Waals surface area (Å²) in [6, 6.07) is 12.3. The molecule has 2 aromatic rings. The predicted octanol–water partition coefficient (Wildman–Crippen LogP) is 2.64. The highest BCUT2D eigenvalue weighted by Gasteiger charge is 2.32. The Balaban J connectivity index is 1.54. The van der Waals surface area contributed by atoms with Gasteiger partial charge in [0.25, 0.3) is 0 Å². The quantitative estimate of drug-likeness (QED) is 0.751. The van der Waals surface area contributed by atoms with Crippen molar-refractivity contribution in [2.75, 3.05) is 18.8 Å². The Hall–Kier alpha value is -1.86. The fourth-order valence-electron chi connectivity index (χ4n) is 2.89. The van der Waals surface area contributed by atoms with Gasteiger partial charge in [0.1, 0.15) is 0 Å². The van der Waals surface area contributed by atoms with Crippen molar-refractivity contribution < 1.29 is 13.2 Å². The van der Waals surface area contributed by atoms with Gasteiger partial charge >= 0.3 is 0 Å². The summed E-state index contributed by atoms with van der Waals surface area (Å²) in [5, 5.41) is -0.410. The largest absolute Gasteiger partial charge is 0.342 e. The zero-order valence-electron chi connectivity index (χ0n) is 13.7. The van der Waals surface area contributed by atoms with E-state index >= 15 is 0 Å². The van der Waals surface area contributed by atoms with Crippen LogP contribution in [0.3, 0.4) is 0 Å². The van der Waals surface area contributed by atoms with E-state index < -0.39 is 15.1 Å². The molecule has 1 aliphatic rings. The molecule has 0 saturated carbocycles. The number of thioether (sulfide) groups is 1. The molecule has 2 heterocycles. The van der Waals surface area contributed by atoms with Crippen LogP contribution < -0.4 is 0 Å². The Kier molecular flexibility index (Phi) is 5.75. The fraction of sp³-hybridized carbons (Fsp3) is 0.333. The van der Waals surface area contributed by atoms with Crippen LogP contribution in [0.2, 0.25) is 0 Å². The summed E-state index contributed by atoms with van der Waals surface area (Å²) >= 11 is 1.48. The van der Waals surface area contributed by atoms with Crippen LogP contribution in [-0.4, -0.2) is 48.3 Å². The second-order valence-electron chi connectivity index (χ2n) is 5.91. The molecule has 0 spiro atoms. The minimum absolute atomic E-state index is 0.0531. The molecule has 1 saturated heterocycles. The number of carbonyl (C=O) groups excluding carboxylic acids is 1. The highest BCUT2D eigenvalue weighted by atomic mass is 32.2. The maximum atomic E-state index is 12.7. The maximum Gasteiger partial charge on any atom is 0.232 e. The van der Waals surface area contributed by atoms with Crippen LogP contribution in [0.5, 0.6) is 0 Å². The molecule has 1 aromatic heterocycles. The smallest absolute Gasteiger partial charge is 0.232 e. The van der Waals surface area contributed by atoms with Crippen LogP contribution in [0, 0.1) is 0 Å². The summed E-state index contributed by atoms with van der Waals surface area (Å²) in [7, 11) is -3.32. The number of pyridine rings is 1. The molecule has 25 heavy (non-hydrogen) atoms. The minimum Gasteiger partial charge on any atom is -0.342 e. The van der Waals surface area contributed by atoms with E-state index in [1.807, 2.05) is 12.1 Å². The lowest BCUT2D eigenvalue weighted by molar-refractivity contribution is -0.129. The van der Waals surface area contributed by atoms with Gasteiger partial charge in [-0.15, -0.1) is 11.8 Å². The van der Waals surface area contributed by atoms with E-state index in [9.17, 15) is 13.2 Å². The molecular formula is C18H20N2O3S2. The van der Waals surface area contributed by atoms with Gasteiger partial charge in [0.15, 0.2) is 9.84 Å². The Morgan fingerprint density at radius 3 is 2.36 bits per heavy atom. The van der Waals surface area contributed by atoms with Crippen LogP contribution in [0.1, 0.15) is 12.8 Å². The van der Waals surface area contributed by atoms with Gasteiger partial charge in [0.2, 0.25) is 5.91 Å². The van der Waals surface area contributed by atoms with Crippen LogP contribution in [-0.2, 0) is 14.6 Å². The molecule has 0 N–H and O–H groups in total. The zero-order chi connectivity index (χ0) is 17.7. The van der Waals surface area contributed by atoms with E-state index in [0.29, 0.717) is 36.6 Å². The number of likely N-dealkylation sites (tertiary alicyclic amines) is 1. The van der Waals surface area contributed by atoms with E-state index in [1.165, 1.54) is 11.8 Å². The summed E-state index contributed by atoms with van der Waals surface area (Å²) in [4.78, 5) is 19.4. The molecule has 5 nitrogen and oxygen atoms in total. The number of sulfone groups is 1. The lowest BCUT2D eigenvalue weighted by Gasteiger charge is -2.31. The number of benzene rings is 1. The number of nitrogens with zero attached hydrogens (tertiary/aromatic N) is 2. The predicted molar refractivity (Wildman–Crippen MR) is 98.2 cm³/mol. The first-order valence-corrected chi connectivity index (χ1v) is 10.7. The van der Waals surface area contributed by atoms with Gasteiger partial charge in [-0.3, -0.25) is 9.78 Å².